The van der Waals surface area contributed by atoms with Crippen molar-refractivity contribution in [3.63, 3.8) is 0 Å². The fourth-order valence-electron chi connectivity index (χ4n) is 2.36. The van der Waals surface area contributed by atoms with E-state index in [1.165, 1.54) is 12.1 Å². The summed E-state index contributed by atoms with van der Waals surface area (Å²) < 4.78 is 15.0. The minimum absolute atomic E-state index is 0.223. The zero-order chi connectivity index (χ0) is 18.2. The van der Waals surface area contributed by atoms with Gasteiger partial charge in [-0.2, -0.15) is 0 Å². The standard InChI is InChI=1S/C18H27FN6/c1-5-6-11-20-18(21-12-17-23-22-14(2)25(17)4)24(3)13-15-7-9-16(19)10-8-15/h7-10H,5-6,11-13H2,1-4H3,(H,20,21). The van der Waals surface area contributed by atoms with E-state index < -0.39 is 0 Å². The van der Waals surface area contributed by atoms with Gasteiger partial charge in [0.2, 0.25) is 0 Å². The number of guanidine groups is 1. The van der Waals surface area contributed by atoms with Crippen molar-refractivity contribution in [2.75, 3.05) is 13.6 Å². The number of aryl methyl sites for hydroxylation is 1. The number of nitrogens with zero attached hydrogens (tertiary/aromatic N) is 5. The first-order valence-electron chi connectivity index (χ1n) is 8.60. The van der Waals surface area contributed by atoms with Crippen LogP contribution >= 0.6 is 0 Å². The van der Waals surface area contributed by atoms with Crippen molar-refractivity contribution in [1.29, 1.82) is 0 Å². The molecule has 0 saturated carbocycles. The number of hydrogen-bond acceptors (Lipinski definition) is 3. The molecule has 1 N–H and O–H groups in total. The smallest absolute Gasteiger partial charge is 0.194 e. The third-order valence-corrected chi connectivity index (χ3v) is 4.06. The summed E-state index contributed by atoms with van der Waals surface area (Å²) in [5.74, 6) is 2.27. The number of nitrogens with one attached hydrogen (secondary N) is 1. The van der Waals surface area contributed by atoms with E-state index in [2.05, 4.69) is 27.4 Å². The summed E-state index contributed by atoms with van der Waals surface area (Å²) in [5, 5.41) is 11.6. The zero-order valence-electron chi connectivity index (χ0n) is 15.5. The van der Waals surface area contributed by atoms with Gasteiger partial charge in [-0.15, -0.1) is 10.2 Å². The van der Waals surface area contributed by atoms with Crippen LogP contribution in [0.25, 0.3) is 0 Å². The Morgan fingerprint density at radius 2 is 2.00 bits per heavy atom. The van der Waals surface area contributed by atoms with Crippen LogP contribution in [0.15, 0.2) is 29.3 Å². The summed E-state index contributed by atoms with van der Waals surface area (Å²) in [6.07, 6.45) is 2.19. The molecule has 0 aliphatic rings. The molecule has 0 aliphatic heterocycles. The van der Waals surface area contributed by atoms with Gasteiger partial charge in [0.05, 0.1) is 0 Å². The van der Waals surface area contributed by atoms with Gasteiger partial charge >= 0.3 is 0 Å². The summed E-state index contributed by atoms with van der Waals surface area (Å²) in [6, 6.07) is 6.54. The van der Waals surface area contributed by atoms with E-state index in [0.717, 1.165) is 42.6 Å². The zero-order valence-corrected chi connectivity index (χ0v) is 15.5. The summed E-state index contributed by atoms with van der Waals surface area (Å²) in [7, 11) is 3.91. The fraction of sp³-hybridized carbons (Fsp3) is 0.500. The minimum Gasteiger partial charge on any atom is -0.356 e. The monoisotopic (exact) mass is 346 g/mol. The Balaban J connectivity index is 2.08. The SMILES string of the molecule is CCCCNC(=NCc1nnc(C)n1C)N(C)Cc1ccc(F)cc1. The largest absolute Gasteiger partial charge is 0.356 e. The average molecular weight is 346 g/mol. The average Bonchev–Trinajstić information content (AvgIpc) is 2.92. The molecule has 0 aliphatic carbocycles. The molecule has 0 saturated heterocycles. The fourth-order valence-corrected chi connectivity index (χ4v) is 2.36. The van der Waals surface area contributed by atoms with E-state index in [9.17, 15) is 4.39 Å². The van der Waals surface area contributed by atoms with Gasteiger partial charge in [-0.25, -0.2) is 9.38 Å². The van der Waals surface area contributed by atoms with Gasteiger partial charge in [0.1, 0.15) is 18.2 Å². The molecule has 136 valence electrons. The molecule has 0 unspecified atom stereocenters. The normalized spacial score (nSPS) is 11.6. The maximum atomic E-state index is 13.1. The van der Waals surface area contributed by atoms with Gasteiger partial charge in [0.25, 0.3) is 0 Å². The van der Waals surface area contributed by atoms with E-state index in [1.54, 1.807) is 12.1 Å². The van der Waals surface area contributed by atoms with Crippen LogP contribution in [0.3, 0.4) is 0 Å². The van der Waals surface area contributed by atoms with Crippen LogP contribution in [-0.4, -0.2) is 39.2 Å². The Bertz CT molecular complexity index is 692. The molecule has 0 radical (unpaired) electrons. The molecule has 25 heavy (non-hydrogen) atoms. The third kappa shape index (κ3) is 5.55. The topological polar surface area (TPSA) is 58.3 Å². The second-order valence-electron chi connectivity index (χ2n) is 6.13. The van der Waals surface area contributed by atoms with Gasteiger partial charge in [-0.05, 0) is 31.0 Å². The van der Waals surface area contributed by atoms with Crippen LogP contribution in [0.5, 0.6) is 0 Å². The van der Waals surface area contributed by atoms with E-state index in [1.807, 2.05) is 30.5 Å². The third-order valence-electron chi connectivity index (χ3n) is 4.06. The number of benzene rings is 1. The molecule has 1 aromatic carbocycles. The number of aromatic nitrogens is 3. The van der Waals surface area contributed by atoms with Gasteiger partial charge in [-0.1, -0.05) is 25.5 Å². The highest BCUT2D eigenvalue weighted by Crippen LogP contribution is 2.07. The van der Waals surface area contributed by atoms with Crippen LogP contribution < -0.4 is 5.32 Å². The second kappa shape index (κ2) is 9.15. The molecule has 1 heterocycles. The molecule has 0 atom stereocenters. The van der Waals surface area contributed by atoms with Gasteiger partial charge < -0.3 is 14.8 Å². The van der Waals surface area contributed by atoms with E-state index in [4.69, 9.17) is 0 Å². The summed E-state index contributed by atoms with van der Waals surface area (Å²) in [6.45, 7) is 6.04. The Morgan fingerprint density at radius 3 is 2.60 bits per heavy atom. The maximum absolute atomic E-state index is 13.1. The second-order valence-corrected chi connectivity index (χ2v) is 6.13. The molecule has 0 amide bonds. The van der Waals surface area contributed by atoms with Gasteiger partial charge in [0, 0.05) is 27.2 Å². The molecular weight excluding hydrogens is 319 g/mol. The van der Waals surface area contributed by atoms with Crippen LogP contribution in [0, 0.1) is 12.7 Å². The first-order chi connectivity index (χ1) is 12.0. The highest BCUT2D eigenvalue weighted by molar-refractivity contribution is 5.79. The lowest BCUT2D eigenvalue weighted by molar-refractivity contribution is 0.472. The van der Waals surface area contributed by atoms with Crippen molar-refractivity contribution in [3.8, 4) is 0 Å². The molecule has 2 aromatic rings. The van der Waals surface area contributed by atoms with Crippen molar-refractivity contribution < 1.29 is 4.39 Å². The number of hydrogen-bond donors (Lipinski definition) is 1. The van der Waals surface area contributed by atoms with Crippen LogP contribution in [0.4, 0.5) is 4.39 Å². The molecule has 0 bridgehead atoms. The van der Waals surface area contributed by atoms with Crippen LogP contribution in [0.1, 0.15) is 37.0 Å². The van der Waals surface area contributed by atoms with Crippen molar-refractivity contribution in [1.82, 2.24) is 25.0 Å². The molecule has 1 aromatic heterocycles. The molecule has 0 spiro atoms. The Labute approximate surface area is 148 Å². The van der Waals surface area contributed by atoms with E-state index in [0.29, 0.717) is 13.1 Å². The first-order valence-corrected chi connectivity index (χ1v) is 8.60. The van der Waals surface area contributed by atoms with Crippen molar-refractivity contribution in [2.24, 2.45) is 12.0 Å². The van der Waals surface area contributed by atoms with Crippen LogP contribution in [0.2, 0.25) is 0 Å². The number of aliphatic imine (C=N–C) groups is 1. The summed E-state index contributed by atoms with van der Waals surface area (Å²) in [4.78, 5) is 6.72. The summed E-state index contributed by atoms with van der Waals surface area (Å²) >= 11 is 0. The molecular formula is C18H27FN6. The lowest BCUT2D eigenvalue weighted by Gasteiger charge is -2.22. The Hall–Kier alpha value is -2.44. The first kappa shape index (κ1) is 18.9. The molecule has 2 rings (SSSR count). The number of unbranched alkanes of at least 4 members (excludes halogenated alkanes) is 1. The Morgan fingerprint density at radius 1 is 1.28 bits per heavy atom. The maximum Gasteiger partial charge on any atom is 0.194 e. The quantitative estimate of drug-likeness (QED) is 0.476. The minimum atomic E-state index is -0.223. The molecule has 7 heteroatoms. The lowest BCUT2D eigenvalue weighted by Crippen LogP contribution is -2.39. The predicted molar refractivity (Wildman–Crippen MR) is 97.7 cm³/mol. The Kier molecular flexibility index (Phi) is 6.91. The lowest BCUT2D eigenvalue weighted by atomic mass is 10.2. The van der Waals surface area contributed by atoms with E-state index in [-0.39, 0.29) is 5.82 Å². The molecule has 0 fully saturated rings. The summed E-state index contributed by atoms with van der Waals surface area (Å²) in [5.41, 5.74) is 1.03. The number of rotatable bonds is 7. The molecule has 6 nitrogen and oxygen atoms in total. The number of halogens is 1. The predicted octanol–water partition coefficient (Wildman–Crippen LogP) is 2.64. The highest BCUT2D eigenvalue weighted by atomic mass is 19.1. The van der Waals surface area contributed by atoms with Crippen molar-refractivity contribution >= 4 is 5.96 Å². The highest BCUT2D eigenvalue weighted by Gasteiger charge is 2.09. The van der Waals surface area contributed by atoms with Gasteiger partial charge in [0.15, 0.2) is 11.8 Å². The van der Waals surface area contributed by atoms with Crippen molar-refractivity contribution in [2.45, 2.75) is 39.8 Å². The van der Waals surface area contributed by atoms with E-state index >= 15 is 0 Å². The van der Waals surface area contributed by atoms with Crippen LogP contribution in [-0.2, 0) is 20.1 Å². The van der Waals surface area contributed by atoms with Gasteiger partial charge in [-0.3, -0.25) is 0 Å². The van der Waals surface area contributed by atoms with Crippen molar-refractivity contribution in [3.05, 3.63) is 47.3 Å².